The van der Waals surface area contributed by atoms with Gasteiger partial charge in [-0.3, -0.25) is 4.79 Å². The van der Waals surface area contributed by atoms with E-state index in [2.05, 4.69) is 0 Å². The molecule has 0 radical (unpaired) electrons. The third-order valence-electron chi connectivity index (χ3n) is 5.11. The molecule has 7 heteroatoms. The number of methoxy groups -OCH3 is 3. The van der Waals surface area contributed by atoms with E-state index >= 15 is 0 Å². The van der Waals surface area contributed by atoms with Gasteiger partial charge in [0.15, 0.2) is 5.79 Å². The summed E-state index contributed by atoms with van der Waals surface area (Å²) in [6.07, 6.45) is -0.490. The monoisotopic (exact) mass is 365 g/mol. The van der Waals surface area contributed by atoms with Crippen molar-refractivity contribution in [1.29, 1.82) is 0 Å². The van der Waals surface area contributed by atoms with E-state index in [1.807, 2.05) is 38.1 Å². The Bertz CT molecular complexity index is 619. The summed E-state index contributed by atoms with van der Waals surface area (Å²) in [7, 11) is 4.87. The van der Waals surface area contributed by atoms with Gasteiger partial charge in [0.2, 0.25) is 5.91 Å². The van der Waals surface area contributed by atoms with Crippen LogP contribution in [0.4, 0.5) is 5.69 Å². The molecule has 0 aliphatic carbocycles. The van der Waals surface area contributed by atoms with Crippen molar-refractivity contribution in [3.8, 4) is 5.75 Å². The Labute approximate surface area is 154 Å². The van der Waals surface area contributed by atoms with Crippen LogP contribution in [0.3, 0.4) is 0 Å². The zero-order chi connectivity index (χ0) is 18.9. The minimum absolute atomic E-state index is 0.0482. The number of rotatable bonds is 7. The molecule has 0 unspecified atom stereocenters. The molecule has 2 heterocycles. The summed E-state index contributed by atoms with van der Waals surface area (Å²) in [5.41, 5.74) is 0.797. The number of hydrogen-bond acceptors (Lipinski definition) is 6. The van der Waals surface area contributed by atoms with Gasteiger partial charge >= 0.3 is 0 Å². The second kappa shape index (κ2) is 7.52. The van der Waals surface area contributed by atoms with Gasteiger partial charge in [0.25, 0.3) is 0 Å². The molecule has 1 amide bonds. The van der Waals surface area contributed by atoms with Crippen molar-refractivity contribution in [2.75, 3.05) is 39.4 Å². The van der Waals surface area contributed by atoms with E-state index < -0.39 is 5.79 Å². The molecule has 2 aliphatic rings. The average molecular weight is 365 g/mol. The van der Waals surface area contributed by atoms with Gasteiger partial charge in [0.05, 0.1) is 26.2 Å². The molecule has 1 aromatic rings. The highest BCUT2D eigenvalue weighted by Gasteiger charge is 2.60. The molecule has 0 N–H and O–H groups in total. The third-order valence-corrected chi connectivity index (χ3v) is 5.11. The number of hydrogen-bond donors (Lipinski definition) is 0. The Kier molecular flexibility index (Phi) is 5.53. The van der Waals surface area contributed by atoms with Crippen molar-refractivity contribution in [2.24, 2.45) is 5.92 Å². The first-order chi connectivity index (χ1) is 12.4. The zero-order valence-corrected chi connectivity index (χ0v) is 15.9. The summed E-state index contributed by atoms with van der Waals surface area (Å²) in [6.45, 7) is 4.60. The van der Waals surface area contributed by atoms with Crippen molar-refractivity contribution in [1.82, 2.24) is 0 Å². The van der Waals surface area contributed by atoms with E-state index in [1.165, 1.54) is 0 Å². The van der Waals surface area contributed by atoms with Gasteiger partial charge in [-0.1, -0.05) is 6.92 Å². The molecule has 2 aliphatic heterocycles. The maximum atomic E-state index is 12.6. The fourth-order valence-corrected chi connectivity index (χ4v) is 3.88. The smallest absolute Gasteiger partial charge is 0.232 e. The van der Waals surface area contributed by atoms with Crippen LogP contribution in [0.15, 0.2) is 24.3 Å². The van der Waals surface area contributed by atoms with Crippen LogP contribution >= 0.6 is 0 Å². The van der Waals surface area contributed by atoms with E-state index in [1.54, 1.807) is 26.2 Å². The second-order valence-corrected chi connectivity index (χ2v) is 6.88. The normalized spacial score (nSPS) is 30.3. The van der Waals surface area contributed by atoms with Crippen LogP contribution in [-0.2, 0) is 23.7 Å². The Morgan fingerprint density at radius 1 is 1.04 bits per heavy atom. The number of carbonyl (C=O) groups excluding carboxylic acids is 1. The van der Waals surface area contributed by atoms with Gasteiger partial charge in [-0.25, -0.2) is 0 Å². The summed E-state index contributed by atoms with van der Waals surface area (Å²) < 4.78 is 28.2. The van der Waals surface area contributed by atoms with Gasteiger partial charge in [-0.15, -0.1) is 0 Å². The quantitative estimate of drug-likeness (QED) is 0.687. The number of nitrogens with zero attached hydrogens (tertiary/aromatic N) is 1. The van der Waals surface area contributed by atoms with Gasteiger partial charge in [-0.05, 0) is 31.2 Å². The summed E-state index contributed by atoms with van der Waals surface area (Å²) >= 11 is 0. The van der Waals surface area contributed by atoms with E-state index in [0.717, 1.165) is 11.4 Å². The van der Waals surface area contributed by atoms with E-state index in [9.17, 15) is 4.79 Å². The molecule has 3 rings (SSSR count). The van der Waals surface area contributed by atoms with Crippen LogP contribution in [-0.4, -0.2) is 64.5 Å². The number of benzene rings is 1. The minimum atomic E-state index is -0.931. The second-order valence-electron chi connectivity index (χ2n) is 6.88. The maximum absolute atomic E-state index is 12.6. The van der Waals surface area contributed by atoms with Crippen molar-refractivity contribution >= 4 is 11.6 Å². The molecule has 2 saturated heterocycles. The Hall–Kier alpha value is -1.67. The summed E-state index contributed by atoms with van der Waals surface area (Å²) in [6, 6.07) is 7.18. The van der Waals surface area contributed by atoms with E-state index in [4.69, 9.17) is 23.7 Å². The average Bonchev–Trinajstić information content (AvgIpc) is 2.95. The number of ether oxygens (including phenoxy) is 5. The molecule has 0 bridgehead atoms. The fourth-order valence-electron chi connectivity index (χ4n) is 3.88. The van der Waals surface area contributed by atoms with Gasteiger partial charge in [-0.2, -0.15) is 0 Å². The lowest BCUT2D eigenvalue weighted by atomic mass is 9.82. The van der Waals surface area contributed by atoms with Crippen LogP contribution in [0.2, 0.25) is 0 Å². The van der Waals surface area contributed by atoms with E-state index in [-0.39, 0.29) is 30.1 Å². The molecular weight excluding hydrogens is 338 g/mol. The lowest BCUT2D eigenvalue weighted by Crippen LogP contribution is -2.69. The molecule has 1 aromatic carbocycles. The van der Waals surface area contributed by atoms with Crippen LogP contribution in [0.25, 0.3) is 0 Å². The highest BCUT2D eigenvalue weighted by atomic mass is 16.8. The highest BCUT2D eigenvalue weighted by Crippen LogP contribution is 2.44. The fraction of sp³-hybridized carbons (Fsp3) is 0.632. The highest BCUT2D eigenvalue weighted by molar-refractivity contribution is 6.03. The van der Waals surface area contributed by atoms with Gasteiger partial charge in [0, 0.05) is 19.9 Å². The first-order valence-corrected chi connectivity index (χ1v) is 8.75. The van der Waals surface area contributed by atoms with Crippen LogP contribution in [0.5, 0.6) is 5.75 Å². The molecule has 4 atom stereocenters. The Morgan fingerprint density at radius 3 is 2.04 bits per heavy atom. The topological polar surface area (TPSA) is 66.5 Å². The molecule has 0 saturated carbocycles. The van der Waals surface area contributed by atoms with Crippen molar-refractivity contribution in [2.45, 2.75) is 37.9 Å². The zero-order valence-electron chi connectivity index (χ0n) is 15.9. The molecule has 2 fully saturated rings. The number of β-lactam (4-membered cyclic amide) rings is 1. The minimum Gasteiger partial charge on any atom is -0.497 e. The molecule has 7 nitrogen and oxygen atoms in total. The maximum Gasteiger partial charge on any atom is 0.232 e. The summed E-state index contributed by atoms with van der Waals surface area (Å²) in [5, 5.41) is 0. The number of carbonyl (C=O) groups is 1. The van der Waals surface area contributed by atoms with Crippen LogP contribution < -0.4 is 9.64 Å². The molecule has 26 heavy (non-hydrogen) atoms. The molecular formula is C19H27NO6. The number of anilines is 1. The molecule has 0 aromatic heterocycles. The number of amides is 1. The molecule has 0 spiro atoms. The molecule has 144 valence electrons. The SMILES string of the molecule is COC[C@@H]1OC(C)([C@H]2[C@H](C)C(=O)N2c2ccc(OC)cc2)O[C@H]1COC. The summed E-state index contributed by atoms with van der Waals surface area (Å²) in [5.74, 6) is -0.343. The van der Waals surface area contributed by atoms with Gasteiger partial charge < -0.3 is 28.6 Å². The Balaban J connectivity index is 1.84. The lowest BCUT2D eigenvalue weighted by molar-refractivity contribution is -0.203. The van der Waals surface area contributed by atoms with Crippen LogP contribution in [0.1, 0.15) is 13.8 Å². The van der Waals surface area contributed by atoms with Crippen molar-refractivity contribution in [3.05, 3.63) is 24.3 Å². The largest absolute Gasteiger partial charge is 0.497 e. The third kappa shape index (κ3) is 3.20. The predicted molar refractivity (Wildman–Crippen MR) is 95.3 cm³/mol. The predicted octanol–water partition coefficient (Wildman–Crippen LogP) is 1.84. The van der Waals surface area contributed by atoms with E-state index in [0.29, 0.717) is 13.2 Å². The first kappa shape index (κ1) is 19.1. The lowest BCUT2D eigenvalue weighted by Gasteiger charge is -2.51. The van der Waals surface area contributed by atoms with Crippen molar-refractivity contribution in [3.63, 3.8) is 0 Å². The Morgan fingerprint density at radius 2 is 1.58 bits per heavy atom. The van der Waals surface area contributed by atoms with Gasteiger partial charge in [0.1, 0.15) is 24.0 Å². The van der Waals surface area contributed by atoms with Crippen molar-refractivity contribution < 1.29 is 28.5 Å². The summed E-state index contributed by atoms with van der Waals surface area (Å²) in [4.78, 5) is 14.3. The van der Waals surface area contributed by atoms with Crippen LogP contribution in [0, 0.1) is 5.92 Å². The first-order valence-electron chi connectivity index (χ1n) is 8.75. The standard InChI is InChI=1S/C19H27NO6/c1-12-17(19(2)25-15(10-22-3)16(26-19)11-23-4)20(18(12)21)13-6-8-14(24-5)9-7-13/h6-9,12,15-17H,10-11H2,1-5H3/t12-,15-,16-,17+/m0/s1.